The number of likely N-dealkylation sites (tertiary alicyclic amines) is 1. The molecule has 0 spiro atoms. The van der Waals surface area contributed by atoms with E-state index in [0.29, 0.717) is 12.3 Å². The normalized spacial score (nSPS) is 23.6. The summed E-state index contributed by atoms with van der Waals surface area (Å²) in [6, 6.07) is 0. The molecule has 0 aromatic rings. The van der Waals surface area contributed by atoms with Crippen LogP contribution in [0.2, 0.25) is 0 Å². The van der Waals surface area contributed by atoms with Crippen molar-refractivity contribution in [3.05, 3.63) is 0 Å². The highest BCUT2D eigenvalue weighted by molar-refractivity contribution is 8.14. The van der Waals surface area contributed by atoms with Gasteiger partial charge in [-0.2, -0.15) is 0 Å². The Morgan fingerprint density at radius 1 is 1.50 bits per heavy atom. The molecule has 2 aliphatic rings. The van der Waals surface area contributed by atoms with Crippen LogP contribution in [0, 0.1) is 5.92 Å². The molecule has 0 radical (unpaired) electrons. The number of carbonyl (C=O) groups excluding carboxylic acids is 1. The fourth-order valence-corrected chi connectivity index (χ4v) is 3.60. The molecule has 0 N–H and O–H groups in total. The van der Waals surface area contributed by atoms with Crippen LogP contribution in [0.15, 0.2) is 4.99 Å². The third-order valence-electron chi connectivity index (χ3n) is 3.54. The minimum absolute atomic E-state index is 0.0674. The molecule has 1 unspecified atom stereocenters. The SMILES string of the molecule is CC(C)(C)OC(=O)CCC1CCCN(C2=NCCS2)C1. The maximum absolute atomic E-state index is 11.8. The van der Waals surface area contributed by atoms with Gasteiger partial charge in [-0.05, 0) is 46.0 Å². The molecule has 1 fully saturated rings. The first-order valence-electron chi connectivity index (χ1n) is 7.58. The predicted octanol–water partition coefficient (Wildman–Crippen LogP) is 2.92. The van der Waals surface area contributed by atoms with Crippen LogP contribution >= 0.6 is 11.8 Å². The van der Waals surface area contributed by atoms with Crippen LogP contribution in [0.1, 0.15) is 46.5 Å². The van der Waals surface area contributed by atoms with Crippen molar-refractivity contribution in [2.24, 2.45) is 10.9 Å². The van der Waals surface area contributed by atoms with E-state index in [4.69, 9.17) is 4.74 Å². The Labute approximate surface area is 126 Å². The van der Waals surface area contributed by atoms with Gasteiger partial charge in [-0.25, -0.2) is 0 Å². The van der Waals surface area contributed by atoms with Gasteiger partial charge < -0.3 is 9.64 Å². The Hall–Kier alpha value is -0.710. The Bertz CT molecular complexity index is 377. The fourth-order valence-electron chi connectivity index (χ4n) is 2.70. The van der Waals surface area contributed by atoms with Crippen molar-refractivity contribution >= 4 is 22.9 Å². The van der Waals surface area contributed by atoms with Gasteiger partial charge >= 0.3 is 5.97 Å². The van der Waals surface area contributed by atoms with Crippen LogP contribution in [0.25, 0.3) is 0 Å². The molecule has 5 heteroatoms. The summed E-state index contributed by atoms with van der Waals surface area (Å²) >= 11 is 1.87. The Morgan fingerprint density at radius 2 is 2.30 bits per heavy atom. The molecule has 1 atom stereocenters. The smallest absolute Gasteiger partial charge is 0.306 e. The van der Waals surface area contributed by atoms with E-state index in [1.807, 2.05) is 32.5 Å². The lowest BCUT2D eigenvalue weighted by atomic mass is 9.94. The predicted molar refractivity (Wildman–Crippen MR) is 84.1 cm³/mol. The van der Waals surface area contributed by atoms with E-state index in [0.717, 1.165) is 31.8 Å². The molecular weight excluding hydrogens is 272 g/mol. The van der Waals surface area contributed by atoms with E-state index in [9.17, 15) is 4.79 Å². The molecule has 2 rings (SSSR count). The molecule has 0 aliphatic carbocycles. The van der Waals surface area contributed by atoms with Gasteiger partial charge in [0, 0.05) is 25.3 Å². The molecule has 0 amide bonds. The molecule has 4 nitrogen and oxygen atoms in total. The number of piperidine rings is 1. The summed E-state index contributed by atoms with van der Waals surface area (Å²) in [5.74, 6) is 1.65. The summed E-state index contributed by atoms with van der Waals surface area (Å²) in [6.07, 6.45) is 3.90. The topological polar surface area (TPSA) is 41.9 Å². The van der Waals surface area contributed by atoms with Gasteiger partial charge in [0.25, 0.3) is 0 Å². The lowest BCUT2D eigenvalue weighted by molar-refractivity contribution is -0.155. The van der Waals surface area contributed by atoms with Crippen molar-refractivity contribution in [2.75, 3.05) is 25.4 Å². The van der Waals surface area contributed by atoms with Crippen LogP contribution in [-0.2, 0) is 9.53 Å². The standard InChI is InChI=1S/C15H26N2O2S/c1-15(2,3)19-13(18)7-6-12-5-4-9-17(11-12)14-16-8-10-20-14/h12H,4-11H2,1-3H3. The van der Waals surface area contributed by atoms with Crippen LogP contribution in [0.3, 0.4) is 0 Å². The monoisotopic (exact) mass is 298 g/mol. The summed E-state index contributed by atoms with van der Waals surface area (Å²) < 4.78 is 5.38. The van der Waals surface area contributed by atoms with E-state index >= 15 is 0 Å². The summed E-state index contributed by atoms with van der Waals surface area (Å²) in [7, 11) is 0. The average molecular weight is 298 g/mol. The molecule has 0 bridgehead atoms. The van der Waals surface area contributed by atoms with Gasteiger partial charge in [-0.3, -0.25) is 9.79 Å². The van der Waals surface area contributed by atoms with Gasteiger partial charge in [0.2, 0.25) is 0 Å². The number of carbonyl (C=O) groups is 1. The molecule has 2 heterocycles. The third kappa shape index (κ3) is 5.00. The number of hydrogen-bond donors (Lipinski definition) is 0. The summed E-state index contributed by atoms with van der Waals surface area (Å²) in [6.45, 7) is 8.89. The maximum Gasteiger partial charge on any atom is 0.306 e. The van der Waals surface area contributed by atoms with E-state index in [-0.39, 0.29) is 11.6 Å². The van der Waals surface area contributed by atoms with Crippen molar-refractivity contribution < 1.29 is 9.53 Å². The molecular formula is C15H26N2O2S. The molecule has 1 saturated heterocycles. The van der Waals surface area contributed by atoms with E-state index in [1.54, 1.807) is 0 Å². The number of esters is 1. The lowest BCUT2D eigenvalue weighted by Gasteiger charge is -2.33. The van der Waals surface area contributed by atoms with Gasteiger partial charge in [-0.15, -0.1) is 0 Å². The zero-order valence-electron chi connectivity index (χ0n) is 12.9. The molecule has 0 saturated carbocycles. The number of nitrogens with zero attached hydrogens (tertiary/aromatic N) is 2. The Morgan fingerprint density at radius 3 is 2.95 bits per heavy atom. The van der Waals surface area contributed by atoms with Crippen LogP contribution in [0.5, 0.6) is 0 Å². The second kappa shape index (κ2) is 6.83. The molecule has 0 aromatic carbocycles. The second-order valence-electron chi connectivity index (χ2n) is 6.59. The first-order valence-corrected chi connectivity index (χ1v) is 8.56. The number of hydrogen-bond acceptors (Lipinski definition) is 5. The highest BCUT2D eigenvalue weighted by Gasteiger charge is 2.25. The third-order valence-corrected chi connectivity index (χ3v) is 4.57. The Balaban J connectivity index is 1.74. The number of thioether (sulfide) groups is 1. The van der Waals surface area contributed by atoms with Crippen LogP contribution in [0.4, 0.5) is 0 Å². The van der Waals surface area contributed by atoms with Gasteiger partial charge in [-0.1, -0.05) is 11.8 Å². The van der Waals surface area contributed by atoms with Crippen molar-refractivity contribution in [2.45, 2.75) is 52.1 Å². The zero-order valence-corrected chi connectivity index (χ0v) is 13.7. The van der Waals surface area contributed by atoms with Crippen LogP contribution in [-0.4, -0.2) is 47.0 Å². The number of rotatable bonds is 3. The Kier molecular flexibility index (Phi) is 5.35. The van der Waals surface area contributed by atoms with Crippen LogP contribution < -0.4 is 0 Å². The van der Waals surface area contributed by atoms with Gasteiger partial charge in [0.15, 0.2) is 5.17 Å². The second-order valence-corrected chi connectivity index (χ2v) is 7.65. The quantitative estimate of drug-likeness (QED) is 0.751. The minimum Gasteiger partial charge on any atom is -0.460 e. The van der Waals surface area contributed by atoms with E-state index in [1.165, 1.54) is 18.0 Å². The van der Waals surface area contributed by atoms with Gasteiger partial charge in [0.05, 0.1) is 6.54 Å². The number of aliphatic imine (C=N–C) groups is 1. The fraction of sp³-hybridized carbons (Fsp3) is 0.867. The van der Waals surface area contributed by atoms with Crippen molar-refractivity contribution in [1.29, 1.82) is 0 Å². The molecule has 2 aliphatic heterocycles. The van der Waals surface area contributed by atoms with Crippen molar-refractivity contribution in [3.63, 3.8) is 0 Å². The maximum atomic E-state index is 11.8. The van der Waals surface area contributed by atoms with E-state index < -0.39 is 0 Å². The summed E-state index contributed by atoms with van der Waals surface area (Å²) in [5.41, 5.74) is -0.370. The molecule has 20 heavy (non-hydrogen) atoms. The van der Waals surface area contributed by atoms with Gasteiger partial charge in [0.1, 0.15) is 5.60 Å². The summed E-state index contributed by atoms with van der Waals surface area (Å²) in [4.78, 5) is 18.7. The average Bonchev–Trinajstić information content (AvgIpc) is 2.88. The van der Waals surface area contributed by atoms with Crippen molar-refractivity contribution in [1.82, 2.24) is 4.90 Å². The number of amidine groups is 1. The zero-order chi connectivity index (χ0) is 14.6. The summed E-state index contributed by atoms with van der Waals surface area (Å²) in [5, 5.41) is 1.21. The minimum atomic E-state index is -0.370. The number of ether oxygens (including phenoxy) is 1. The highest BCUT2D eigenvalue weighted by atomic mass is 32.2. The first-order chi connectivity index (χ1) is 9.44. The largest absolute Gasteiger partial charge is 0.460 e. The lowest BCUT2D eigenvalue weighted by Crippen LogP contribution is -2.38. The first kappa shape index (κ1) is 15.7. The molecule has 114 valence electrons. The van der Waals surface area contributed by atoms with Crippen molar-refractivity contribution in [3.8, 4) is 0 Å². The highest BCUT2D eigenvalue weighted by Crippen LogP contribution is 2.26. The molecule has 0 aromatic heterocycles. The van der Waals surface area contributed by atoms with E-state index in [2.05, 4.69) is 9.89 Å².